The van der Waals surface area contributed by atoms with Crippen molar-refractivity contribution in [3.05, 3.63) is 58.7 Å². The van der Waals surface area contributed by atoms with E-state index < -0.39 is 46.1 Å². The van der Waals surface area contributed by atoms with E-state index in [4.69, 9.17) is 0 Å². The van der Waals surface area contributed by atoms with Gasteiger partial charge in [0.25, 0.3) is 0 Å². The summed E-state index contributed by atoms with van der Waals surface area (Å²) in [6.45, 7) is 0. The fourth-order valence-electron chi connectivity index (χ4n) is 2.81. The van der Waals surface area contributed by atoms with Crippen molar-refractivity contribution in [1.29, 1.82) is 0 Å². The van der Waals surface area contributed by atoms with Crippen molar-refractivity contribution < 1.29 is 39.6 Å². The number of carboxylic acids is 4. The quantitative estimate of drug-likeness (QED) is 0.522. The Morgan fingerprint density at radius 1 is 0.423 bits per heavy atom. The molecule has 4 N–H and O–H groups in total. The maximum absolute atomic E-state index is 11.3. The van der Waals surface area contributed by atoms with E-state index in [2.05, 4.69) is 0 Å². The van der Waals surface area contributed by atoms with Gasteiger partial charge in [0, 0.05) is 0 Å². The molecule has 0 radical (unpaired) electrons. The number of carboxylic acid groups (broad SMARTS) is 4. The maximum atomic E-state index is 11.3. The molecule has 0 aliphatic heterocycles. The van der Waals surface area contributed by atoms with Gasteiger partial charge in [-0.05, 0) is 57.9 Å². The lowest BCUT2D eigenvalue weighted by atomic mass is 9.95. The lowest BCUT2D eigenvalue weighted by Gasteiger charge is -2.09. The van der Waals surface area contributed by atoms with Crippen LogP contribution in [0, 0.1) is 0 Å². The Hall–Kier alpha value is -3.94. The first-order valence-corrected chi connectivity index (χ1v) is 7.18. The molecule has 130 valence electrons. The summed E-state index contributed by atoms with van der Waals surface area (Å²) in [5.41, 5.74) is -1.59. The van der Waals surface area contributed by atoms with Crippen LogP contribution in [0.5, 0.6) is 0 Å². The second-order valence-corrected chi connectivity index (χ2v) is 5.56. The highest BCUT2D eigenvalue weighted by molar-refractivity contribution is 6.11. The Balaban J connectivity index is 2.40. The summed E-state index contributed by atoms with van der Waals surface area (Å²) >= 11 is 0. The zero-order valence-electron chi connectivity index (χ0n) is 12.9. The molecule has 8 nitrogen and oxygen atoms in total. The topological polar surface area (TPSA) is 149 Å². The SMILES string of the molecule is O=C(O)c1cc2cc3cc(C(=O)O)c(C(=O)O)cc3cc2cc1C(=O)O. The van der Waals surface area contributed by atoms with Crippen LogP contribution < -0.4 is 0 Å². The van der Waals surface area contributed by atoms with E-state index in [-0.39, 0.29) is 0 Å². The van der Waals surface area contributed by atoms with Crippen molar-refractivity contribution in [2.75, 3.05) is 0 Å². The number of benzene rings is 3. The number of rotatable bonds is 4. The Labute approximate surface area is 144 Å². The molecule has 0 aliphatic carbocycles. The van der Waals surface area contributed by atoms with E-state index in [9.17, 15) is 39.6 Å². The van der Waals surface area contributed by atoms with Crippen LogP contribution in [0.2, 0.25) is 0 Å². The normalized spacial score (nSPS) is 10.8. The molecule has 0 saturated heterocycles. The van der Waals surface area contributed by atoms with Crippen LogP contribution in [-0.2, 0) is 0 Å². The summed E-state index contributed by atoms with van der Waals surface area (Å²) in [5.74, 6) is -5.62. The van der Waals surface area contributed by atoms with Crippen LogP contribution in [0.25, 0.3) is 21.5 Å². The molecule has 8 heteroatoms. The number of hydrogen-bond acceptors (Lipinski definition) is 4. The highest BCUT2D eigenvalue weighted by Gasteiger charge is 2.20. The fraction of sp³-hybridized carbons (Fsp3) is 0. The van der Waals surface area contributed by atoms with Gasteiger partial charge in [-0.3, -0.25) is 0 Å². The number of aromatic carboxylic acids is 4. The van der Waals surface area contributed by atoms with Gasteiger partial charge in [0.05, 0.1) is 22.3 Å². The molecule has 3 rings (SSSR count). The predicted molar refractivity (Wildman–Crippen MR) is 89.3 cm³/mol. The van der Waals surface area contributed by atoms with Crippen molar-refractivity contribution in [3.8, 4) is 0 Å². The molecule has 0 fully saturated rings. The largest absolute Gasteiger partial charge is 0.478 e. The molecular weight excluding hydrogens is 344 g/mol. The van der Waals surface area contributed by atoms with E-state index in [0.29, 0.717) is 21.5 Å². The minimum Gasteiger partial charge on any atom is -0.478 e. The van der Waals surface area contributed by atoms with E-state index >= 15 is 0 Å². The molecule has 0 aliphatic rings. The van der Waals surface area contributed by atoms with Crippen molar-refractivity contribution in [3.63, 3.8) is 0 Å². The molecule has 0 saturated carbocycles. The minimum atomic E-state index is -1.41. The van der Waals surface area contributed by atoms with Crippen LogP contribution in [0.4, 0.5) is 0 Å². The van der Waals surface area contributed by atoms with Gasteiger partial charge in [0.1, 0.15) is 0 Å². The van der Waals surface area contributed by atoms with Crippen molar-refractivity contribution in [1.82, 2.24) is 0 Å². The third-order valence-electron chi connectivity index (χ3n) is 3.99. The van der Waals surface area contributed by atoms with Crippen molar-refractivity contribution >= 4 is 45.4 Å². The van der Waals surface area contributed by atoms with E-state index in [0.717, 1.165) is 0 Å². The molecule has 0 heterocycles. The lowest BCUT2D eigenvalue weighted by Crippen LogP contribution is -2.08. The number of fused-ring (bicyclic) bond motifs is 2. The van der Waals surface area contributed by atoms with Gasteiger partial charge in [-0.25, -0.2) is 19.2 Å². The number of hydrogen-bond donors (Lipinski definition) is 4. The van der Waals surface area contributed by atoms with Crippen LogP contribution in [0.1, 0.15) is 41.4 Å². The highest BCUT2D eigenvalue weighted by atomic mass is 16.4. The summed E-state index contributed by atoms with van der Waals surface area (Å²) in [4.78, 5) is 45.2. The standard InChI is InChI=1S/C18H10O8/c19-15(20)11-3-7-1-8-4-12(16(21)22)14(18(25)26)6-10(8)2-9(7)5-13(11)17(23)24/h1-6H,(H,19,20)(H,21,22)(H,23,24)(H,25,26). The van der Waals surface area contributed by atoms with Gasteiger partial charge in [0.15, 0.2) is 0 Å². The average molecular weight is 354 g/mol. The summed E-state index contributed by atoms with van der Waals surface area (Å²) in [7, 11) is 0. The third kappa shape index (κ3) is 2.69. The second-order valence-electron chi connectivity index (χ2n) is 5.56. The van der Waals surface area contributed by atoms with Crippen LogP contribution in [0.15, 0.2) is 36.4 Å². The Kier molecular flexibility index (Phi) is 3.80. The van der Waals surface area contributed by atoms with E-state index in [1.807, 2.05) is 0 Å². The first kappa shape index (κ1) is 16.9. The van der Waals surface area contributed by atoms with Gasteiger partial charge in [0.2, 0.25) is 0 Å². The second kappa shape index (κ2) is 5.85. The first-order chi connectivity index (χ1) is 12.2. The molecule has 0 amide bonds. The van der Waals surface area contributed by atoms with Gasteiger partial charge in [-0.2, -0.15) is 0 Å². The van der Waals surface area contributed by atoms with E-state index in [1.54, 1.807) is 0 Å². The fourth-order valence-corrected chi connectivity index (χ4v) is 2.81. The molecule has 0 atom stereocenters. The van der Waals surface area contributed by atoms with Crippen LogP contribution in [0.3, 0.4) is 0 Å². The van der Waals surface area contributed by atoms with Crippen LogP contribution in [-0.4, -0.2) is 44.3 Å². The van der Waals surface area contributed by atoms with E-state index in [1.165, 1.54) is 36.4 Å². The average Bonchev–Trinajstić information content (AvgIpc) is 2.57. The smallest absolute Gasteiger partial charge is 0.336 e. The molecular formula is C18H10O8. The van der Waals surface area contributed by atoms with Crippen molar-refractivity contribution in [2.45, 2.75) is 0 Å². The Morgan fingerprint density at radius 3 is 0.769 bits per heavy atom. The summed E-state index contributed by atoms with van der Waals surface area (Å²) in [6, 6.07) is 7.72. The van der Waals surface area contributed by atoms with Gasteiger partial charge in [-0.1, -0.05) is 0 Å². The zero-order chi connectivity index (χ0) is 19.2. The monoisotopic (exact) mass is 354 g/mol. The van der Waals surface area contributed by atoms with Gasteiger partial charge < -0.3 is 20.4 Å². The minimum absolute atomic E-state index is 0.388. The molecule has 3 aromatic rings. The third-order valence-corrected chi connectivity index (χ3v) is 3.99. The lowest BCUT2D eigenvalue weighted by molar-refractivity contribution is 0.0652. The highest BCUT2D eigenvalue weighted by Crippen LogP contribution is 2.28. The molecule has 0 unspecified atom stereocenters. The summed E-state index contributed by atoms with van der Waals surface area (Å²) in [5, 5.41) is 38.3. The van der Waals surface area contributed by atoms with Gasteiger partial charge >= 0.3 is 23.9 Å². The summed E-state index contributed by atoms with van der Waals surface area (Å²) in [6.07, 6.45) is 0. The predicted octanol–water partition coefficient (Wildman–Crippen LogP) is 2.79. The maximum Gasteiger partial charge on any atom is 0.336 e. The van der Waals surface area contributed by atoms with Crippen molar-refractivity contribution in [2.24, 2.45) is 0 Å². The van der Waals surface area contributed by atoms with Crippen LogP contribution >= 0.6 is 0 Å². The number of carbonyl (C=O) groups is 4. The Bertz CT molecular complexity index is 966. The molecule has 0 bridgehead atoms. The van der Waals surface area contributed by atoms with Gasteiger partial charge in [-0.15, -0.1) is 0 Å². The molecule has 0 aromatic heterocycles. The molecule has 3 aromatic carbocycles. The Morgan fingerprint density at radius 2 is 0.615 bits per heavy atom. The molecule has 0 spiro atoms. The molecule has 26 heavy (non-hydrogen) atoms. The zero-order valence-corrected chi connectivity index (χ0v) is 12.9. The first-order valence-electron chi connectivity index (χ1n) is 7.18. The summed E-state index contributed by atoms with van der Waals surface area (Å²) < 4.78 is 0.